The number of benzene rings is 2. The zero-order valence-electron chi connectivity index (χ0n) is 14.3. The van der Waals surface area contributed by atoms with E-state index in [1.807, 2.05) is 6.07 Å². The van der Waals surface area contributed by atoms with E-state index in [-0.39, 0.29) is 11.7 Å². The molecule has 4 rings (SSSR count). The van der Waals surface area contributed by atoms with Gasteiger partial charge in [0.15, 0.2) is 6.10 Å². The van der Waals surface area contributed by atoms with Crippen LogP contribution in [0, 0.1) is 5.82 Å². The van der Waals surface area contributed by atoms with Gasteiger partial charge in [-0.05, 0) is 61.2 Å². The summed E-state index contributed by atoms with van der Waals surface area (Å²) in [6, 6.07) is 9.87. The maximum absolute atomic E-state index is 13.8. The predicted octanol–water partition coefficient (Wildman–Crippen LogP) is 4.41. The lowest BCUT2D eigenvalue weighted by molar-refractivity contribution is -0.122. The fourth-order valence-electron chi connectivity index (χ4n) is 3.60. The van der Waals surface area contributed by atoms with Crippen LogP contribution in [0.15, 0.2) is 36.4 Å². The van der Waals surface area contributed by atoms with Gasteiger partial charge in [0.1, 0.15) is 11.6 Å². The van der Waals surface area contributed by atoms with E-state index in [2.05, 4.69) is 10.2 Å². The van der Waals surface area contributed by atoms with Crippen LogP contribution >= 0.6 is 11.6 Å². The van der Waals surface area contributed by atoms with Gasteiger partial charge in [0.2, 0.25) is 0 Å². The van der Waals surface area contributed by atoms with Gasteiger partial charge in [-0.25, -0.2) is 4.39 Å². The van der Waals surface area contributed by atoms with E-state index in [9.17, 15) is 9.18 Å². The molecule has 4 nitrogen and oxygen atoms in total. The molecule has 1 saturated heterocycles. The van der Waals surface area contributed by atoms with Gasteiger partial charge in [0.25, 0.3) is 5.91 Å². The molecule has 1 amide bonds. The maximum Gasteiger partial charge on any atom is 0.265 e. The van der Waals surface area contributed by atoms with Crippen molar-refractivity contribution < 1.29 is 13.9 Å². The molecule has 1 fully saturated rings. The van der Waals surface area contributed by atoms with Crippen LogP contribution in [0.2, 0.25) is 5.02 Å². The Hall–Kier alpha value is -2.27. The number of carbonyl (C=O) groups is 1. The molecule has 0 saturated carbocycles. The zero-order valence-corrected chi connectivity index (χ0v) is 15.1. The second kappa shape index (κ2) is 7.16. The third-order valence-electron chi connectivity index (χ3n) is 4.90. The molecule has 2 aliphatic rings. The lowest BCUT2D eigenvalue weighted by atomic mass is 10.1. The smallest absolute Gasteiger partial charge is 0.265 e. The van der Waals surface area contributed by atoms with Crippen molar-refractivity contribution in [1.29, 1.82) is 0 Å². The SMILES string of the molecule is O=C(Nc1cc(F)ccc1N1CCCCC1)C1Cc2cc(Cl)ccc2O1. The molecule has 26 heavy (non-hydrogen) atoms. The second-order valence-corrected chi connectivity index (χ2v) is 7.20. The minimum absolute atomic E-state index is 0.277. The molecule has 0 radical (unpaired) electrons. The van der Waals surface area contributed by atoms with Crippen molar-refractivity contribution in [2.24, 2.45) is 0 Å². The van der Waals surface area contributed by atoms with E-state index in [1.54, 1.807) is 18.2 Å². The number of halogens is 2. The Morgan fingerprint density at radius 1 is 1.15 bits per heavy atom. The van der Waals surface area contributed by atoms with Crippen molar-refractivity contribution in [3.63, 3.8) is 0 Å². The van der Waals surface area contributed by atoms with Crippen molar-refractivity contribution in [3.05, 3.63) is 52.8 Å². The molecule has 0 aromatic heterocycles. The summed E-state index contributed by atoms with van der Waals surface area (Å²) in [5.41, 5.74) is 2.26. The predicted molar refractivity (Wildman–Crippen MR) is 101 cm³/mol. The molecule has 1 atom stereocenters. The van der Waals surface area contributed by atoms with Crippen molar-refractivity contribution in [1.82, 2.24) is 0 Å². The van der Waals surface area contributed by atoms with Crippen molar-refractivity contribution in [3.8, 4) is 5.75 Å². The number of nitrogens with one attached hydrogen (secondary N) is 1. The Morgan fingerprint density at radius 2 is 1.96 bits per heavy atom. The summed E-state index contributed by atoms with van der Waals surface area (Å²) < 4.78 is 19.5. The van der Waals surface area contributed by atoms with Crippen LogP contribution in [-0.2, 0) is 11.2 Å². The summed E-state index contributed by atoms with van der Waals surface area (Å²) in [7, 11) is 0. The van der Waals surface area contributed by atoms with E-state index >= 15 is 0 Å². The Morgan fingerprint density at radius 3 is 2.77 bits per heavy atom. The molecule has 1 N–H and O–H groups in total. The Labute approximate surface area is 156 Å². The highest BCUT2D eigenvalue weighted by atomic mass is 35.5. The third kappa shape index (κ3) is 3.49. The molecule has 0 bridgehead atoms. The molecule has 2 heterocycles. The van der Waals surface area contributed by atoms with Crippen molar-refractivity contribution in [2.45, 2.75) is 31.8 Å². The van der Waals surface area contributed by atoms with Gasteiger partial charge < -0.3 is 15.0 Å². The average Bonchev–Trinajstić information content (AvgIpc) is 3.06. The quantitative estimate of drug-likeness (QED) is 0.865. The highest BCUT2D eigenvalue weighted by Gasteiger charge is 2.30. The summed E-state index contributed by atoms with van der Waals surface area (Å²) in [6.45, 7) is 1.83. The van der Waals surface area contributed by atoms with E-state index in [0.29, 0.717) is 22.9 Å². The molecule has 0 aliphatic carbocycles. The maximum atomic E-state index is 13.8. The van der Waals surface area contributed by atoms with Crippen LogP contribution in [-0.4, -0.2) is 25.1 Å². The first-order chi connectivity index (χ1) is 12.6. The number of rotatable bonds is 3. The van der Waals surface area contributed by atoms with Crippen molar-refractivity contribution in [2.75, 3.05) is 23.3 Å². The lowest BCUT2D eigenvalue weighted by Crippen LogP contribution is -2.34. The van der Waals surface area contributed by atoms with Crippen LogP contribution in [0.1, 0.15) is 24.8 Å². The molecular weight excluding hydrogens is 355 g/mol. The summed E-state index contributed by atoms with van der Waals surface area (Å²) in [6.07, 6.45) is 3.23. The summed E-state index contributed by atoms with van der Waals surface area (Å²) in [5.74, 6) is 0.0229. The Kier molecular flexibility index (Phi) is 4.72. The normalized spacial score (nSPS) is 19.0. The molecule has 2 aliphatic heterocycles. The average molecular weight is 375 g/mol. The van der Waals surface area contributed by atoms with E-state index in [0.717, 1.165) is 37.2 Å². The number of hydrogen-bond donors (Lipinski definition) is 1. The van der Waals surface area contributed by atoms with Crippen LogP contribution in [0.5, 0.6) is 5.75 Å². The number of amides is 1. The highest BCUT2D eigenvalue weighted by Crippen LogP contribution is 2.33. The number of hydrogen-bond acceptors (Lipinski definition) is 3. The van der Waals surface area contributed by atoms with Crippen LogP contribution < -0.4 is 15.0 Å². The van der Waals surface area contributed by atoms with E-state index in [1.165, 1.54) is 18.6 Å². The second-order valence-electron chi connectivity index (χ2n) is 6.76. The zero-order chi connectivity index (χ0) is 18.1. The number of fused-ring (bicyclic) bond motifs is 1. The van der Waals surface area contributed by atoms with Gasteiger partial charge in [0.05, 0.1) is 11.4 Å². The van der Waals surface area contributed by atoms with Gasteiger partial charge in [-0.1, -0.05) is 11.6 Å². The first-order valence-corrected chi connectivity index (χ1v) is 9.28. The molecule has 2 aromatic carbocycles. The molecule has 6 heteroatoms. The van der Waals surface area contributed by atoms with Gasteiger partial charge in [0, 0.05) is 24.5 Å². The first-order valence-electron chi connectivity index (χ1n) is 8.90. The van der Waals surface area contributed by atoms with Crippen LogP contribution in [0.3, 0.4) is 0 Å². The molecule has 2 aromatic rings. The number of carbonyl (C=O) groups excluding carboxylic acids is 1. The third-order valence-corrected chi connectivity index (χ3v) is 5.14. The van der Waals surface area contributed by atoms with Crippen molar-refractivity contribution >= 4 is 28.9 Å². The largest absolute Gasteiger partial charge is 0.480 e. The van der Waals surface area contributed by atoms with Crippen LogP contribution in [0.4, 0.5) is 15.8 Å². The summed E-state index contributed by atoms with van der Waals surface area (Å²) in [4.78, 5) is 14.9. The molecule has 136 valence electrons. The van der Waals surface area contributed by atoms with Gasteiger partial charge >= 0.3 is 0 Å². The number of nitrogens with zero attached hydrogens (tertiary/aromatic N) is 1. The number of ether oxygens (including phenoxy) is 1. The standard InChI is InChI=1S/C20H20ClFN2O2/c21-14-4-7-18-13(10-14)11-19(26-18)20(25)23-16-12-15(22)5-6-17(16)24-8-2-1-3-9-24/h4-7,10,12,19H,1-3,8-9,11H2,(H,23,25). The molecule has 1 unspecified atom stereocenters. The minimum Gasteiger partial charge on any atom is -0.480 e. The fourth-order valence-corrected chi connectivity index (χ4v) is 3.79. The van der Waals surface area contributed by atoms with E-state index in [4.69, 9.17) is 16.3 Å². The van der Waals surface area contributed by atoms with Gasteiger partial charge in [-0.3, -0.25) is 4.79 Å². The molecule has 0 spiro atoms. The number of anilines is 2. The van der Waals surface area contributed by atoms with Gasteiger partial charge in [-0.2, -0.15) is 0 Å². The molecular formula is C20H20ClFN2O2. The number of piperidine rings is 1. The highest BCUT2D eigenvalue weighted by molar-refractivity contribution is 6.30. The van der Waals surface area contributed by atoms with Gasteiger partial charge in [-0.15, -0.1) is 0 Å². The monoisotopic (exact) mass is 374 g/mol. The lowest BCUT2D eigenvalue weighted by Gasteiger charge is -2.30. The topological polar surface area (TPSA) is 41.6 Å². The minimum atomic E-state index is -0.638. The Balaban J connectivity index is 1.52. The summed E-state index contributed by atoms with van der Waals surface area (Å²) >= 11 is 6.00. The van der Waals surface area contributed by atoms with E-state index < -0.39 is 6.10 Å². The van der Waals surface area contributed by atoms with Crippen LogP contribution in [0.25, 0.3) is 0 Å². The first kappa shape index (κ1) is 17.2. The fraction of sp³-hybridized carbons (Fsp3) is 0.350. The Bertz CT molecular complexity index is 837. The summed E-state index contributed by atoms with van der Waals surface area (Å²) in [5, 5.41) is 3.48.